The van der Waals surface area contributed by atoms with Gasteiger partial charge in [-0.1, -0.05) is 30.9 Å². The highest BCUT2D eigenvalue weighted by Crippen LogP contribution is 2.20. The zero-order valence-electron chi connectivity index (χ0n) is 13.1. The molecule has 0 aromatic heterocycles. The first kappa shape index (κ1) is 18.1. The minimum Gasteiger partial charge on any atom is -0.352 e. The van der Waals surface area contributed by atoms with Crippen LogP contribution < -0.4 is 10.6 Å². The third-order valence-electron chi connectivity index (χ3n) is 3.83. The minimum atomic E-state index is -0.0924. The number of rotatable bonds is 7. The number of hydrogen-bond acceptors (Lipinski definition) is 3. The third-order valence-corrected chi connectivity index (χ3v) is 5.09. The first-order valence-electron chi connectivity index (χ1n) is 8.08. The maximum atomic E-state index is 11.8. The van der Waals surface area contributed by atoms with E-state index in [1.54, 1.807) is 11.8 Å². The predicted octanol–water partition coefficient (Wildman–Crippen LogP) is 3.39. The van der Waals surface area contributed by atoms with Crippen LogP contribution >= 0.6 is 23.4 Å². The summed E-state index contributed by atoms with van der Waals surface area (Å²) in [6, 6.07) is 7.82. The summed E-state index contributed by atoms with van der Waals surface area (Å²) < 4.78 is 0. The van der Waals surface area contributed by atoms with Crippen LogP contribution in [0.5, 0.6) is 0 Å². The van der Waals surface area contributed by atoms with Crippen molar-refractivity contribution in [1.82, 2.24) is 10.6 Å². The predicted molar refractivity (Wildman–Crippen MR) is 94.8 cm³/mol. The molecule has 0 saturated heterocycles. The molecule has 1 fully saturated rings. The lowest BCUT2D eigenvalue weighted by molar-refractivity contribution is -0.126. The van der Waals surface area contributed by atoms with Crippen molar-refractivity contribution in [2.24, 2.45) is 0 Å². The summed E-state index contributed by atoms with van der Waals surface area (Å²) in [7, 11) is 0. The molecule has 4 nitrogen and oxygen atoms in total. The molecule has 0 bridgehead atoms. The van der Waals surface area contributed by atoms with Crippen LogP contribution in [-0.2, 0) is 9.59 Å². The number of thioether (sulfide) groups is 1. The molecule has 0 atom stereocenters. The summed E-state index contributed by atoms with van der Waals surface area (Å²) in [5.74, 6) is 0.499. The summed E-state index contributed by atoms with van der Waals surface area (Å²) in [6.45, 7) is 0.0704. The Morgan fingerprint density at radius 1 is 1.09 bits per heavy atom. The van der Waals surface area contributed by atoms with Crippen LogP contribution in [0.4, 0.5) is 0 Å². The monoisotopic (exact) mass is 354 g/mol. The Morgan fingerprint density at radius 2 is 1.78 bits per heavy atom. The number of amides is 2. The van der Waals surface area contributed by atoms with Crippen molar-refractivity contribution in [3.05, 3.63) is 29.3 Å². The van der Waals surface area contributed by atoms with Gasteiger partial charge in [0.25, 0.3) is 0 Å². The summed E-state index contributed by atoms with van der Waals surface area (Å²) in [6.07, 6.45) is 6.12. The minimum absolute atomic E-state index is 0.0704. The first-order valence-corrected chi connectivity index (χ1v) is 9.44. The van der Waals surface area contributed by atoms with Gasteiger partial charge >= 0.3 is 0 Å². The number of benzene rings is 1. The second-order valence-electron chi connectivity index (χ2n) is 5.73. The van der Waals surface area contributed by atoms with Crippen LogP contribution in [0, 0.1) is 0 Å². The zero-order chi connectivity index (χ0) is 16.5. The van der Waals surface area contributed by atoms with E-state index < -0.39 is 0 Å². The van der Waals surface area contributed by atoms with E-state index >= 15 is 0 Å². The van der Waals surface area contributed by atoms with Crippen LogP contribution in [0.2, 0.25) is 5.02 Å². The van der Waals surface area contributed by atoms with Crippen molar-refractivity contribution in [2.75, 3.05) is 12.3 Å². The molecule has 2 rings (SSSR count). The van der Waals surface area contributed by atoms with Crippen LogP contribution in [0.1, 0.15) is 38.5 Å². The Labute approximate surface area is 146 Å². The van der Waals surface area contributed by atoms with E-state index in [-0.39, 0.29) is 24.4 Å². The van der Waals surface area contributed by atoms with Crippen molar-refractivity contribution < 1.29 is 9.59 Å². The summed E-state index contributed by atoms with van der Waals surface area (Å²) in [5.41, 5.74) is 0. The summed E-state index contributed by atoms with van der Waals surface area (Å²) in [4.78, 5) is 24.6. The molecule has 23 heavy (non-hydrogen) atoms. The van der Waals surface area contributed by atoms with Gasteiger partial charge in [0.05, 0.1) is 6.54 Å². The highest BCUT2D eigenvalue weighted by atomic mass is 35.5. The molecule has 0 radical (unpaired) electrons. The maximum Gasteiger partial charge on any atom is 0.239 e. The SMILES string of the molecule is O=C(CCSc1ccc(Cl)cc1)NCC(=O)NC1CCCCC1. The van der Waals surface area contributed by atoms with E-state index in [4.69, 9.17) is 11.6 Å². The van der Waals surface area contributed by atoms with Gasteiger partial charge in [0.2, 0.25) is 11.8 Å². The zero-order valence-corrected chi connectivity index (χ0v) is 14.7. The lowest BCUT2D eigenvalue weighted by Gasteiger charge is -2.22. The fourth-order valence-corrected chi connectivity index (χ4v) is 3.56. The average molecular weight is 355 g/mol. The van der Waals surface area contributed by atoms with Crippen LogP contribution in [0.15, 0.2) is 29.2 Å². The molecule has 2 N–H and O–H groups in total. The Morgan fingerprint density at radius 3 is 2.48 bits per heavy atom. The Bertz CT molecular complexity index is 516. The van der Waals surface area contributed by atoms with Crippen molar-refractivity contribution in [1.29, 1.82) is 0 Å². The van der Waals surface area contributed by atoms with E-state index in [1.165, 1.54) is 19.3 Å². The molecular weight excluding hydrogens is 332 g/mol. The molecule has 0 unspecified atom stereocenters. The van der Waals surface area contributed by atoms with Crippen molar-refractivity contribution in [2.45, 2.75) is 49.5 Å². The fourth-order valence-electron chi connectivity index (χ4n) is 2.59. The molecule has 1 aliphatic carbocycles. The van der Waals surface area contributed by atoms with E-state index in [2.05, 4.69) is 10.6 Å². The third kappa shape index (κ3) is 7.27. The summed E-state index contributed by atoms with van der Waals surface area (Å²) in [5, 5.41) is 6.38. The smallest absolute Gasteiger partial charge is 0.239 e. The van der Waals surface area contributed by atoms with Crippen molar-refractivity contribution in [3.8, 4) is 0 Å². The second-order valence-corrected chi connectivity index (χ2v) is 7.34. The number of hydrogen-bond donors (Lipinski definition) is 2. The molecule has 126 valence electrons. The molecule has 0 heterocycles. The molecule has 6 heteroatoms. The molecule has 0 spiro atoms. The lowest BCUT2D eigenvalue weighted by atomic mass is 9.95. The van der Waals surface area contributed by atoms with Gasteiger partial charge < -0.3 is 10.6 Å². The normalized spacial score (nSPS) is 15.2. The quantitative estimate of drug-likeness (QED) is 0.738. The van der Waals surface area contributed by atoms with E-state index in [1.807, 2.05) is 24.3 Å². The Kier molecular flexibility index (Phi) is 7.76. The Hall–Kier alpha value is -1.20. The van der Waals surface area contributed by atoms with Crippen LogP contribution in [-0.4, -0.2) is 30.2 Å². The topological polar surface area (TPSA) is 58.2 Å². The summed E-state index contributed by atoms with van der Waals surface area (Å²) >= 11 is 7.43. The molecule has 1 aromatic carbocycles. The van der Waals surface area contributed by atoms with Crippen LogP contribution in [0.3, 0.4) is 0 Å². The van der Waals surface area contributed by atoms with Crippen molar-refractivity contribution >= 4 is 35.2 Å². The van der Waals surface area contributed by atoms with Gasteiger partial charge in [-0.05, 0) is 37.1 Å². The van der Waals surface area contributed by atoms with Gasteiger partial charge in [-0.25, -0.2) is 0 Å². The molecule has 2 amide bonds. The van der Waals surface area contributed by atoms with E-state index in [0.717, 1.165) is 17.7 Å². The molecule has 1 saturated carbocycles. The number of nitrogens with one attached hydrogen (secondary N) is 2. The van der Waals surface area contributed by atoms with Gasteiger partial charge in [-0.2, -0.15) is 0 Å². The van der Waals surface area contributed by atoms with E-state index in [0.29, 0.717) is 17.2 Å². The second kappa shape index (κ2) is 9.83. The van der Waals surface area contributed by atoms with Gasteiger partial charge in [0.1, 0.15) is 0 Å². The van der Waals surface area contributed by atoms with Gasteiger partial charge in [-0.3, -0.25) is 9.59 Å². The van der Waals surface area contributed by atoms with Gasteiger partial charge in [0.15, 0.2) is 0 Å². The van der Waals surface area contributed by atoms with Gasteiger partial charge in [-0.15, -0.1) is 11.8 Å². The standard InChI is InChI=1S/C17H23ClN2O2S/c18-13-6-8-15(9-7-13)23-11-10-16(21)19-12-17(22)20-14-4-2-1-3-5-14/h6-9,14H,1-5,10-12H2,(H,19,21)(H,20,22). The highest BCUT2D eigenvalue weighted by Gasteiger charge is 2.15. The number of halogens is 1. The first-order chi connectivity index (χ1) is 11.1. The number of carbonyl (C=O) groups excluding carboxylic acids is 2. The number of carbonyl (C=O) groups is 2. The van der Waals surface area contributed by atoms with E-state index in [9.17, 15) is 9.59 Å². The highest BCUT2D eigenvalue weighted by molar-refractivity contribution is 7.99. The molecule has 1 aromatic rings. The van der Waals surface area contributed by atoms with Gasteiger partial charge in [0, 0.05) is 28.1 Å². The molecule has 1 aliphatic rings. The van der Waals surface area contributed by atoms with Crippen LogP contribution in [0.25, 0.3) is 0 Å². The van der Waals surface area contributed by atoms with Crippen molar-refractivity contribution in [3.63, 3.8) is 0 Å². The largest absolute Gasteiger partial charge is 0.352 e. The molecule has 0 aliphatic heterocycles. The molecular formula is C17H23ClN2O2S. The maximum absolute atomic E-state index is 11.8. The fraction of sp³-hybridized carbons (Fsp3) is 0.529. The lowest BCUT2D eigenvalue weighted by Crippen LogP contribution is -2.42. The average Bonchev–Trinajstić information content (AvgIpc) is 2.56. The Balaban J connectivity index is 1.57.